The van der Waals surface area contributed by atoms with Crippen molar-refractivity contribution in [3.63, 3.8) is 0 Å². The van der Waals surface area contributed by atoms with Crippen molar-refractivity contribution in [2.24, 2.45) is 0 Å². The molecule has 0 fully saturated rings. The number of benzene rings is 2. The summed E-state index contributed by atoms with van der Waals surface area (Å²) >= 11 is 0. The second kappa shape index (κ2) is 5.74. The molecule has 3 rings (SSSR count). The van der Waals surface area contributed by atoms with Crippen LogP contribution >= 0.6 is 0 Å². The minimum absolute atomic E-state index is 0.172. The number of hydrogen-bond donors (Lipinski definition) is 2. The zero-order chi connectivity index (χ0) is 15.5. The highest BCUT2D eigenvalue weighted by Crippen LogP contribution is 2.13. The average molecular weight is 289 g/mol. The van der Waals surface area contributed by atoms with Crippen LogP contribution in [0.4, 0.5) is 0 Å². The highest BCUT2D eigenvalue weighted by atomic mass is 16.1. The van der Waals surface area contributed by atoms with Crippen molar-refractivity contribution < 1.29 is 4.79 Å². The zero-order valence-electron chi connectivity index (χ0n) is 12.2. The van der Waals surface area contributed by atoms with Gasteiger partial charge in [0.25, 0.3) is 5.91 Å². The fraction of sp³-hybridized carbons (Fsp3) is 0.111. The lowest BCUT2D eigenvalue weighted by Gasteiger charge is -2.03. The van der Waals surface area contributed by atoms with Gasteiger partial charge in [0, 0.05) is 11.1 Å². The summed E-state index contributed by atoms with van der Waals surface area (Å²) in [6.45, 7) is 2.37. The number of nitrogens with one attached hydrogen (secondary N) is 2. The predicted octanol–water partition coefficient (Wildman–Crippen LogP) is 2.78. The van der Waals surface area contributed by atoms with E-state index in [0.717, 1.165) is 22.4 Å². The first-order valence-corrected chi connectivity index (χ1v) is 6.96. The van der Waals surface area contributed by atoms with Gasteiger partial charge in [0.2, 0.25) is 0 Å². The number of aromatic amines is 1. The Bertz CT molecular complexity index is 887. The van der Waals surface area contributed by atoms with Gasteiger partial charge in [-0.25, -0.2) is 4.98 Å². The Morgan fingerprint density at radius 2 is 2.18 bits per heavy atom. The second-order valence-corrected chi connectivity index (χ2v) is 5.11. The lowest BCUT2D eigenvalue weighted by Crippen LogP contribution is -2.23. The van der Waals surface area contributed by atoms with Crippen LogP contribution < -0.4 is 5.32 Å². The predicted molar refractivity (Wildman–Crippen MR) is 86.4 cm³/mol. The molecule has 22 heavy (non-hydrogen) atoms. The number of H-pyrrole nitrogens is 1. The largest absolute Gasteiger partial charge is 0.345 e. The number of carbonyl (C=O) groups excluding carboxylic acids is 1. The van der Waals surface area contributed by atoms with Crippen molar-refractivity contribution in [1.29, 1.82) is 0 Å². The van der Waals surface area contributed by atoms with Gasteiger partial charge in [-0.1, -0.05) is 18.1 Å². The van der Waals surface area contributed by atoms with E-state index in [9.17, 15) is 4.79 Å². The molecule has 108 valence electrons. The Kier molecular flexibility index (Phi) is 3.63. The molecule has 0 spiro atoms. The molecule has 2 aromatic carbocycles. The molecule has 3 aromatic rings. The molecule has 4 heteroatoms. The van der Waals surface area contributed by atoms with Crippen LogP contribution in [-0.4, -0.2) is 15.9 Å². The smallest absolute Gasteiger partial charge is 0.251 e. The minimum atomic E-state index is -0.172. The molecule has 0 atom stereocenters. The van der Waals surface area contributed by atoms with Gasteiger partial charge in [-0.2, -0.15) is 0 Å². The molecule has 0 bridgehead atoms. The summed E-state index contributed by atoms with van der Waals surface area (Å²) in [5, 5.41) is 2.84. The Morgan fingerprint density at radius 3 is 3.00 bits per heavy atom. The molecule has 0 aliphatic carbocycles. The van der Waals surface area contributed by atoms with Gasteiger partial charge >= 0.3 is 0 Å². The van der Waals surface area contributed by atoms with Gasteiger partial charge < -0.3 is 10.3 Å². The van der Waals surface area contributed by atoms with Crippen LogP contribution in [0.1, 0.15) is 27.3 Å². The van der Waals surface area contributed by atoms with Crippen LogP contribution in [0.25, 0.3) is 11.0 Å². The number of terminal acetylenes is 1. The molecular formula is C18H15N3O. The number of nitrogens with zero attached hydrogens (tertiary/aromatic N) is 1. The monoisotopic (exact) mass is 289 g/mol. The first-order chi connectivity index (χ1) is 10.7. The van der Waals surface area contributed by atoms with Crippen molar-refractivity contribution in [3.8, 4) is 12.3 Å². The Morgan fingerprint density at radius 1 is 1.32 bits per heavy atom. The number of carbonyl (C=O) groups is 1. The van der Waals surface area contributed by atoms with Gasteiger partial charge in [-0.05, 0) is 42.8 Å². The van der Waals surface area contributed by atoms with Crippen LogP contribution in [0, 0.1) is 19.3 Å². The molecule has 1 aromatic heterocycles. The summed E-state index contributed by atoms with van der Waals surface area (Å²) < 4.78 is 0. The molecule has 0 aliphatic rings. The molecule has 0 aliphatic heterocycles. The third-order valence-corrected chi connectivity index (χ3v) is 3.39. The number of amides is 1. The second-order valence-electron chi connectivity index (χ2n) is 5.11. The third kappa shape index (κ3) is 2.84. The molecule has 0 radical (unpaired) electrons. The maximum absolute atomic E-state index is 12.1. The molecule has 1 amide bonds. The van der Waals surface area contributed by atoms with E-state index in [4.69, 9.17) is 6.42 Å². The Hall–Kier alpha value is -3.06. The number of aryl methyl sites for hydroxylation is 1. The standard InChI is InChI=1S/C18H15N3O/c1-3-13-5-4-6-14(10-13)18(22)19-11-17-20-15-8-7-12(2)9-16(15)21-17/h1,4-10H,11H2,2H3,(H,19,22)(H,20,21). The quantitative estimate of drug-likeness (QED) is 0.728. The fourth-order valence-electron chi connectivity index (χ4n) is 2.28. The Balaban J connectivity index is 1.73. The molecule has 0 saturated heterocycles. The lowest BCUT2D eigenvalue weighted by atomic mass is 10.1. The van der Waals surface area contributed by atoms with E-state index >= 15 is 0 Å². The van der Waals surface area contributed by atoms with Crippen LogP contribution in [0.5, 0.6) is 0 Å². The maximum atomic E-state index is 12.1. The SMILES string of the molecule is C#Cc1cccc(C(=O)NCc2nc3ccc(C)cc3[nH]2)c1. The number of hydrogen-bond acceptors (Lipinski definition) is 2. The van der Waals surface area contributed by atoms with Gasteiger partial charge in [0.1, 0.15) is 5.82 Å². The van der Waals surface area contributed by atoms with E-state index in [1.165, 1.54) is 0 Å². The normalized spacial score (nSPS) is 10.4. The Labute approximate surface area is 128 Å². The molecule has 1 heterocycles. The lowest BCUT2D eigenvalue weighted by molar-refractivity contribution is 0.0950. The molecule has 4 nitrogen and oxygen atoms in total. The fourth-order valence-corrected chi connectivity index (χ4v) is 2.28. The minimum Gasteiger partial charge on any atom is -0.345 e. The third-order valence-electron chi connectivity index (χ3n) is 3.39. The molecule has 0 unspecified atom stereocenters. The van der Waals surface area contributed by atoms with Crippen molar-refractivity contribution in [1.82, 2.24) is 15.3 Å². The van der Waals surface area contributed by atoms with Gasteiger partial charge in [-0.3, -0.25) is 4.79 Å². The summed E-state index contributed by atoms with van der Waals surface area (Å²) in [4.78, 5) is 19.8. The number of imidazole rings is 1. The number of fused-ring (bicyclic) bond motifs is 1. The summed E-state index contributed by atoms with van der Waals surface area (Å²) in [5.74, 6) is 3.07. The van der Waals surface area contributed by atoms with Crippen molar-refractivity contribution in [2.45, 2.75) is 13.5 Å². The van der Waals surface area contributed by atoms with Crippen LogP contribution in [0.3, 0.4) is 0 Å². The van der Waals surface area contributed by atoms with Gasteiger partial charge in [0.05, 0.1) is 17.6 Å². The number of aromatic nitrogens is 2. The van der Waals surface area contributed by atoms with Gasteiger partial charge in [-0.15, -0.1) is 6.42 Å². The van der Waals surface area contributed by atoms with Crippen molar-refractivity contribution in [3.05, 3.63) is 65.0 Å². The summed E-state index contributed by atoms with van der Waals surface area (Å²) in [6.07, 6.45) is 5.34. The van der Waals surface area contributed by atoms with Crippen LogP contribution in [0.2, 0.25) is 0 Å². The summed E-state index contributed by atoms with van der Waals surface area (Å²) in [6, 6.07) is 13.0. The highest BCUT2D eigenvalue weighted by Gasteiger charge is 2.08. The molecule has 0 saturated carbocycles. The first-order valence-electron chi connectivity index (χ1n) is 6.96. The van der Waals surface area contributed by atoms with E-state index in [2.05, 4.69) is 21.2 Å². The summed E-state index contributed by atoms with van der Waals surface area (Å²) in [5.41, 5.74) is 4.26. The van der Waals surface area contributed by atoms with E-state index in [1.54, 1.807) is 24.3 Å². The topological polar surface area (TPSA) is 57.8 Å². The highest BCUT2D eigenvalue weighted by molar-refractivity contribution is 5.94. The summed E-state index contributed by atoms with van der Waals surface area (Å²) in [7, 11) is 0. The molecular weight excluding hydrogens is 274 g/mol. The first kappa shape index (κ1) is 13.9. The molecule has 2 N–H and O–H groups in total. The van der Waals surface area contributed by atoms with Gasteiger partial charge in [0.15, 0.2) is 0 Å². The number of rotatable bonds is 3. The average Bonchev–Trinajstić information content (AvgIpc) is 2.94. The maximum Gasteiger partial charge on any atom is 0.251 e. The van der Waals surface area contributed by atoms with Crippen LogP contribution in [-0.2, 0) is 6.54 Å². The zero-order valence-corrected chi connectivity index (χ0v) is 12.2. The van der Waals surface area contributed by atoms with E-state index in [-0.39, 0.29) is 5.91 Å². The van der Waals surface area contributed by atoms with E-state index in [1.807, 2.05) is 25.1 Å². The van der Waals surface area contributed by atoms with Crippen molar-refractivity contribution in [2.75, 3.05) is 0 Å². The van der Waals surface area contributed by atoms with E-state index < -0.39 is 0 Å². The van der Waals surface area contributed by atoms with Crippen LogP contribution in [0.15, 0.2) is 42.5 Å². The van der Waals surface area contributed by atoms with E-state index in [0.29, 0.717) is 17.7 Å². The van der Waals surface area contributed by atoms with Crippen molar-refractivity contribution >= 4 is 16.9 Å².